The fraction of sp³-hybridized carbons (Fsp3) is 0.667. The molecule has 0 aromatic rings. The van der Waals surface area contributed by atoms with E-state index in [-0.39, 0.29) is 28.8 Å². The number of rotatable bonds is 4. The first kappa shape index (κ1) is 23.5. The average molecular weight is 424 g/mol. The molecule has 0 radical (unpaired) electrons. The molecule has 31 heavy (non-hydrogen) atoms. The lowest BCUT2D eigenvalue weighted by Crippen LogP contribution is -2.48. The second-order valence-electron chi connectivity index (χ2n) is 10.7. The first-order valence-corrected chi connectivity index (χ1v) is 11.9. The second kappa shape index (κ2) is 9.55. The van der Waals surface area contributed by atoms with Crippen LogP contribution >= 0.6 is 0 Å². The van der Waals surface area contributed by atoms with E-state index in [0.29, 0.717) is 36.5 Å². The Morgan fingerprint density at radius 1 is 1.06 bits per heavy atom. The largest absolute Gasteiger partial charge is 0.301 e. The number of hydrogen-bond donors (Lipinski definition) is 0. The van der Waals surface area contributed by atoms with Crippen LogP contribution in [0, 0.1) is 29.1 Å². The van der Waals surface area contributed by atoms with Gasteiger partial charge in [0, 0.05) is 35.3 Å². The molecule has 4 nitrogen and oxygen atoms in total. The summed E-state index contributed by atoms with van der Waals surface area (Å²) in [5, 5.41) is 0. The number of allylic oxidation sites excluding steroid dienone is 3. The van der Waals surface area contributed by atoms with E-state index in [2.05, 4.69) is 39.5 Å². The van der Waals surface area contributed by atoms with Gasteiger partial charge in [0.05, 0.1) is 11.7 Å². The number of nitrogens with zero attached hydrogens (tertiary/aromatic N) is 1. The molecule has 168 valence electrons. The van der Waals surface area contributed by atoms with Gasteiger partial charge in [-0.15, -0.1) is 0 Å². The zero-order valence-electron chi connectivity index (χ0n) is 19.8. The van der Waals surface area contributed by atoms with Crippen molar-refractivity contribution in [3.05, 3.63) is 22.9 Å². The van der Waals surface area contributed by atoms with E-state index in [9.17, 15) is 14.4 Å². The molecule has 0 aromatic carbocycles. The molecular weight excluding hydrogens is 386 g/mol. The standard InChI is InChI=1S/C27H37NO3/c1-18-10-12-21(13-11-18)26(31)28(23-8-6-7-9-25(23)30)24-17-20(14-15-27(3,4)5)16-22(24)19(2)29/h17-18,21,23H,6-13,16H2,1-5H3/t18?,21?,23-/m1/s1. The summed E-state index contributed by atoms with van der Waals surface area (Å²) < 4.78 is 0. The van der Waals surface area contributed by atoms with Crippen molar-refractivity contribution in [2.45, 2.75) is 98.4 Å². The number of hydrogen-bond acceptors (Lipinski definition) is 3. The fourth-order valence-corrected chi connectivity index (χ4v) is 4.83. The van der Waals surface area contributed by atoms with Crippen molar-refractivity contribution in [3.8, 4) is 11.8 Å². The van der Waals surface area contributed by atoms with Gasteiger partial charge in [-0.25, -0.2) is 0 Å². The first-order chi connectivity index (χ1) is 14.6. The summed E-state index contributed by atoms with van der Waals surface area (Å²) in [7, 11) is 0. The maximum atomic E-state index is 13.8. The van der Waals surface area contributed by atoms with E-state index in [1.807, 2.05) is 6.08 Å². The molecule has 1 atom stereocenters. The molecule has 0 bridgehead atoms. The summed E-state index contributed by atoms with van der Waals surface area (Å²) in [5.74, 6) is 7.16. The number of amides is 1. The number of Topliss-reactive ketones (excluding diaryl/α,β-unsaturated/α-hetero) is 2. The molecule has 4 heteroatoms. The van der Waals surface area contributed by atoms with Crippen molar-refractivity contribution in [2.75, 3.05) is 0 Å². The van der Waals surface area contributed by atoms with Gasteiger partial charge in [-0.05, 0) is 78.2 Å². The second-order valence-corrected chi connectivity index (χ2v) is 10.7. The maximum Gasteiger partial charge on any atom is 0.230 e. The van der Waals surface area contributed by atoms with E-state index < -0.39 is 6.04 Å². The molecule has 3 rings (SSSR count). The van der Waals surface area contributed by atoms with E-state index >= 15 is 0 Å². The predicted octanol–water partition coefficient (Wildman–Crippen LogP) is 5.38. The van der Waals surface area contributed by atoms with Crippen LogP contribution in [0.1, 0.15) is 92.4 Å². The Hall–Kier alpha value is -2.15. The molecule has 0 aromatic heterocycles. The third-order valence-electron chi connectivity index (χ3n) is 6.71. The Balaban J connectivity index is 2.00. The lowest BCUT2D eigenvalue weighted by Gasteiger charge is -2.37. The molecule has 0 N–H and O–H groups in total. The Morgan fingerprint density at radius 3 is 2.32 bits per heavy atom. The van der Waals surface area contributed by atoms with Crippen molar-refractivity contribution in [3.63, 3.8) is 0 Å². The summed E-state index contributed by atoms with van der Waals surface area (Å²) in [6, 6.07) is -0.448. The minimum Gasteiger partial charge on any atom is -0.301 e. The highest BCUT2D eigenvalue weighted by molar-refractivity contribution is 5.99. The predicted molar refractivity (Wildman–Crippen MR) is 123 cm³/mol. The third kappa shape index (κ3) is 5.76. The average Bonchev–Trinajstić information content (AvgIpc) is 3.12. The van der Waals surface area contributed by atoms with Crippen molar-refractivity contribution in [1.29, 1.82) is 0 Å². The number of carbonyl (C=O) groups is 3. The van der Waals surface area contributed by atoms with Crippen molar-refractivity contribution < 1.29 is 14.4 Å². The van der Waals surface area contributed by atoms with E-state index in [0.717, 1.165) is 44.1 Å². The summed E-state index contributed by atoms with van der Waals surface area (Å²) in [6.07, 6.45) is 9.17. The van der Waals surface area contributed by atoms with Crippen LogP contribution < -0.4 is 0 Å². The van der Waals surface area contributed by atoms with Gasteiger partial charge in [0.25, 0.3) is 0 Å². The minimum atomic E-state index is -0.448. The molecule has 2 saturated carbocycles. The lowest BCUT2D eigenvalue weighted by molar-refractivity contribution is -0.142. The number of carbonyl (C=O) groups excluding carboxylic acids is 3. The van der Waals surface area contributed by atoms with Gasteiger partial charge < -0.3 is 4.90 Å². The molecule has 0 unspecified atom stereocenters. The van der Waals surface area contributed by atoms with Crippen LogP contribution in [0.15, 0.2) is 22.9 Å². The smallest absolute Gasteiger partial charge is 0.230 e. The lowest BCUT2D eigenvalue weighted by atomic mass is 9.81. The fourth-order valence-electron chi connectivity index (χ4n) is 4.83. The van der Waals surface area contributed by atoms with Gasteiger partial charge >= 0.3 is 0 Å². The van der Waals surface area contributed by atoms with Crippen molar-refractivity contribution in [2.24, 2.45) is 17.3 Å². The highest BCUT2D eigenvalue weighted by Crippen LogP contribution is 2.37. The first-order valence-electron chi connectivity index (χ1n) is 11.9. The van der Waals surface area contributed by atoms with Crippen LogP contribution in [-0.4, -0.2) is 28.4 Å². The molecule has 2 fully saturated rings. The van der Waals surface area contributed by atoms with Crippen LogP contribution in [0.5, 0.6) is 0 Å². The van der Waals surface area contributed by atoms with Gasteiger partial charge in [-0.1, -0.05) is 25.2 Å². The zero-order chi connectivity index (χ0) is 22.8. The summed E-state index contributed by atoms with van der Waals surface area (Å²) in [6.45, 7) is 9.94. The third-order valence-corrected chi connectivity index (χ3v) is 6.71. The van der Waals surface area contributed by atoms with Crippen LogP contribution in [0.25, 0.3) is 0 Å². The highest BCUT2D eigenvalue weighted by atomic mass is 16.2. The Bertz CT molecular complexity index is 866. The van der Waals surface area contributed by atoms with Gasteiger partial charge in [-0.3, -0.25) is 14.4 Å². The molecule has 0 heterocycles. The van der Waals surface area contributed by atoms with Gasteiger partial charge in [0.15, 0.2) is 11.6 Å². The molecule has 1 amide bonds. The summed E-state index contributed by atoms with van der Waals surface area (Å²) in [4.78, 5) is 41.0. The van der Waals surface area contributed by atoms with E-state index in [1.165, 1.54) is 0 Å². The van der Waals surface area contributed by atoms with Gasteiger partial charge in [0.2, 0.25) is 5.91 Å². The summed E-state index contributed by atoms with van der Waals surface area (Å²) >= 11 is 0. The Labute approximate surface area is 187 Å². The van der Waals surface area contributed by atoms with Crippen LogP contribution in [0.3, 0.4) is 0 Å². The van der Waals surface area contributed by atoms with Crippen LogP contribution in [0.4, 0.5) is 0 Å². The Kier molecular flexibility index (Phi) is 7.24. The number of ketones is 2. The molecule has 3 aliphatic carbocycles. The maximum absolute atomic E-state index is 13.8. The minimum absolute atomic E-state index is 0.0298. The van der Waals surface area contributed by atoms with Gasteiger partial charge in [-0.2, -0.15) is 0 Å². The van der Waals surface area contributed by atoms with Crippen LogP contribution in [-0.2, 0) is 14.4 Å². The van der Waals surface area contributed by atoms with E-state index in [1.54, 1.807) is 11.8 Å². The van der Waals surface area contributed by atoms with Gasteiger partial charge in [0.1, 0.15) is 0 Å². The molecule has 0 spiro atoms. The van der Waals surface area contributed by atoms with Crippen molar-refractivity contribution in [1.82, 2.24) is 4.90 Å². The quantitative estimate of drug-likeness (QED) is 0.571. The molecular formula is C27H37NO3. The monoisotopic (exact) mass is 423 g/mol. The molecule has 0 aliphatic heterocycles. The highest BCUT2D eigenvalue weighted by Gasteiger charge is 2.39. The SMILES string of the molecule is CC(=O)C1=C(N(C(=O)C2CCC(C)CC2)[C@@H]2CCCCC2=O)C=C(C#CC(C)(C)C)C1. The normalized spacial score (nSPS) is 26.8. The van der Waals surface area contributed by atoms with E-state index in [4.69, 9.17) is 0 Å². The van der Waals surface area contributed by atoms with Crippen molar-refractivity contribution >= 4 is 17.5 Å². The Morgan fingerprint density at radius 2 is 1.74 bits per heavy atom. The summed E-state index contributed by atoms with van der Waals surface area (Å²) in [5.41, 5.74) is 1.96. The topological polar surface area (TPSA) is 54.5 Å². The molecule has 3 aliphatic rings. The van der Waals surface area contributed by atoms with Crippen LogP contribution in [0.2, 0.25) is 0 Å². The molecule has 0 saturated heterocycles. The zero-order valence-corrected chi connectivity index (χ0v) is 19.8.